The van der Waals surface area contributed by atoms with Crippen LogP contribution >= 0.6 is 0 Å². The Morgan fingerprint density at radius 1 is 1.29 bits per heavy atom. The summed E-state index contributed by atoms with van der Waals surface area (Å²) in [5, 5.41) is 0. The van der Waals surface area contributed by atoms with E-state index >= 15 is 0 Å². The number of carbonyl (C=O) groups is 1. The van der Waals surface area contributed by atoms with Gasteiger partial charge in [0.25, 0.3) is 0 Å². The highest BCUT2D eigenvalue weighted by Crippen LogP contribution is 1.97. The highest BCUT2D eigenvalue weighted by atomic mass is 16.5. The number of ether oxygens (including phenoxy) is 1. The van der Waals surface area contributed by atoms with E-state index in [1.807, 2.05) is 0 Å². The number of unbranched alkanes of at least 4 members (excludes halogenated alkanes) is 1. The molecule has 0 aliphatic rings. The van der Waals surface area contributed by atoms with Gasteiger partial charge in [0, 0.05) is 6.42 Å². The molecule has 0 aromatic carbocycles. The minimum atomic E-state index is -0.125. The summed E-state index contributed by atoms with van der Waals surface area (Å²) in [6, 6.07) is 0. The van der Waals surface area contributed by atoms with E-state index in [-0.39, 0.29) is 5.97 Å². The molecule has 0 atom stereocenters. The highest BCUT2D eigenvalue weighted by molar-refractivity contribution is 5.68. The second kappa shape index (κ2) is 8.97. The Labute approximate surface area is 86.4 Å². The first kappa shape index (κ1) is 13.4. The smallest absolute Gasteiger partial charge is 0.305 e. The van der Waals surface area contributed by atoms with Crippen LogP contribution in [0.1, 0.15) is 25.7 Å². The van der Waals surface area contributed by atoms with E-state index in [9.17, 15) is 4.79 Å². The zero-order valence-electron chi connectivity index (χ0n) is 9.29. The molecule has 4 heteroatoms. The van der Waals surface area contributed by atoms with Crippen LogP contribution in [0.5, 0.6) is 0 Å². The number of nitrogens with two attached hydrogens (primary N) is 1. The summed E-state index contributed by atoms with van der Waals surface area (Å²) >= 11 is 0. The third-order valence-electron chi connectivity index (χ3n) is 2.14. The predicted molar refractivity (Wildman–Crippen MR) is 57.0 cm³/mol. The molecule has 0 unspecified atom stereocenters. The number of carbonyl (C=O) groups excluding carboxylic acids is 1. The molecule has 0 aliphatic carbocycles. The number of rotatable bonds is 8. The van der Waals surface area contributed by atoms with Crippen molar-refractivity contribution in [2.75, 3.05) is 33.8 Å². The van der Waals surface area contributed by atoms with Crippen molar-refractivity contribution in [3.05, 3.63) is 0 Å². The fourth-order valence-corrected chi connectivity index (χ4v) is 1.23. The lowest BCUT2D eigenvalue weighted by Gasteiger charge is -2.15. The van der Waals surface area contributed by atoms with Crippen molar-refractivity contribution in [1.29, 1.82) is 0 Å². The standard InChI is InChI=1S/C10H22N2O2/c1-12(8-4-3-7-11)9-5-6-10(13)14-2/h3-9,11H2,1-2H3. The number of hydrogen-bond acceptors (Lipinski definition) is 4. The van der Waals surface area contributed by atoms with Gasteiger partial charge in [0.2, 0.25) is 0 Å². The van der Waals surface area contributed by atoms with Gasteiger partial charge < -0.3 is 15.4 Å². The Bertz CT molecular complexity index is 151. The van der Waals surface area contributed by atoms with Gasteiger partial charge in [-0.2, -0.15) is 0 Å². The molecule has 0 aromatic heterocycles. The molecule has 0 aliphatic heterocycles. The molecule has 0 amide bonds. The monoisotopic (exact) mass is 202 g/mol. The van der Waals surface area contributed by atoms with Crippen LogP contribution in [0.25, 0.3) is 0 Å². The molecule has 0 heterocycles. The van der Waals surface area contributed by atoms with Crippen LogP contribution in [-0.4, -0.2) is 44.7 Å². The molecule has 0 fully saturated rings. The Morgan fingerprint density at radius 2 is 1.93 bits per heavy atom. The second-order valence-corrected chi connectivity index (χ2v) is 3.48. The molecule has 0 rings (SSSR count). The number of esters is 1. The van der Waals surface area contributed by atoms with Crippen LogP contribution < -0.4 is 5.73 Å². The summed E-state index contributed by atoms with van der Waals surface area (Å²) < 4.78 is 4.56. The first-order valence-electron chi connectivity index (χ1n) is 5.16. The molecule has 2 N–H and O–H groups in total. The van der Waals surface area contributed by atoms with E-state index in [1.54, 1.807) is 0 Å². The van der Waals surface area contributed by atoms with Gasteiger partial charge in [-0.15, -0.1) is 0 Å². The van der Waals surface area contributed by atoms with Crippen molar-refractivity contribution in [3.8, 4) is 0 Å². The molecular weight excluding hydrogens is 180 g/mol. The van der Waals surface area contributed by atoms with Gasteiger partial charge in [0.15, 0.2) is 0 Å². The predicted octanol–water partition coefficient (Wildman–Crippen LogP) is 0.610. The molecule has 4 nitrogen and oxygen atoms in total. The summed E-state index contributed by atoms with van der Waals surface area (Å²) in [4.78, 5) is 13.0. The summed E-state index contributed by atoms with van der Waals surface area (Å²) in [7, 11) is 3.49. The van der Waals surface area contributed by atoms with Gasteiger partial charge in [0.1, 0.15) is 0 Å². The topological polar surface area (TPSA) is 55.6 Å². The Hall–Kier alpha value is -0.610. The molecule has 0 bridgehead atoms. The van der Waals surface area contributed by atoms with Crippen LogP contribution in [-0.2, 0) is 9.53 Å². The van der Waals surface area contributed by atoms with Crippen LogP contribution in [0, 0.1) is 0 Å². The zero-order valence-corrected chi connectivity index (χ0v) is 9.29. The van der Waals surface area contributed by atoms with Crippen molar-refractivity contribution in [2.24, 2.45) is 5.73 Å². The van der Waals surface area contributed by atoms with Gasteiger partial charge in [-0.1, -0.05) is 0 Å². The summed E-state index contributed by atoms with van der Waals surface area (Å²) in [6.45, 7) is 2.76. The normalized spacial score (nSPS) is 10.6. The maximum atomic E-state index is 10.8. The van der Waals surface area contributed by atoms with Crippen LogP contribution in [0.3, 0.4) is 0 Å². The van der Waals surface area contributed by atoms with Crippen molar-refractivity contribution in [2.45, 2.75) is 25.7 Å². The van der Waals surface area contributed by atoms with Crippen molar-refractivity contribution in [1.82, 2.24) is 4.90 Å². The third kappa shape index (κ3) is 8.01. The minimum absolute atomic E-state index is 0.125. The van der Waals surface area contributed by atoms with Crippen molar-refractivity contribution in [3.63, 3.8) is 0 Å². The average Bonchev–Trinajstić information content (AvgIpc) is 2.18. The van der Waals surface area contributed by atoms with Gasteiger partial charge in [0.05, 0.1) is 7.11 Å². The lowest BCUT2D eigenvalue weighted by molar-refractivity contribution is -0.140. The molecule has 0 saturated heterocycles. The van der Waals surface area contributed by atoms with E-state index in [1.165, 1.54) is 7.11 Å². The lowest BCUT2D eigenvalue weighted by Crippen LogP contribution is -2.22. The molecule has 14 heavy (non-hydrogen) atoms. The number of hydrogen-bond donors (Lipinski definition) is 1. The largest absolute Gasteiger partial charge is 0.469 e. The first-order chi connectivity index (χ1) is 6.70. The lowest BCUT2D eigenvalue weighted by atomic mass is 10.2. The van der Waals surface area contributed by atoms with E-state index in [4.69, 9.17) is 5.73 Å². The molecular formula is C10H22N2O2. The van der Waals surface area contributed by atoms with E-state index in [0.717, 1.165) is 38.9 Å². The van der Waals surface area contributed by atoms with Gasteiger partial charge in [-0.25, -0.2) is 0 Å². The maximum absolute atomic E-state index is 10.8. The third-order valence-corrected chi connectivity index (χ3v) is 2.14. The fourth-order valence-electron chi connectivity index (χ4n) is 1.23. The molecule has 0 spiro atoms. The Kier molecular flexibility index (Phi) is 8.57. The number of nitrogens with zero attached hydrogens (tertiary/aromatic N) is 1. The van der Waals surface area contributed by atoms with E-state index in [2.05, 4.69) is 16.7 Å². The second-order valence-electron chi connectivity index (χ2n) is 3.48. The van der Waals surface area contributed by atoms with Gasteiger partial charge in [-0.3, -0.25) is 4.79 Å². The van der Waals surface area contributed by atoms with E-state index in [0.29, 0.717) is 6.42 Å². The highest BCUT2D eigenvalue weighted by Gasteiger charge is 2.02. The number of methoxy groups -OCH3 is 1. The summed E-state index contributed by atoms with van der Waals surface area (Å²) in [5.41, 5.74) is 5.39. The first-order valence-corrected chi connectivity index (χ1v) is 5.16. The fraction of sp³-hybridized carbons (Fsp3) is 0.900. The average molecular weight is 202 g/mol. The summed E-state index contributed by atoms with van der Waals surface area (Å²) in [6.07, 6.45) is 3.58. The quantitative estimate of drug-likeness (QED) is 0.463. The SMILES string of the molecule is COC(=O)CCCN(C)CCCCN. The molecule has 0 aromatic rings. The van der Waals surface area contributed by atoms with Crippen LogP contribution in [0.15, 0.2) is 0 Å². The maximum Gasteiger partial charge on any atom is 0.305 e. The van der Waals surface area contributed by atoms with Crippen LogP contribution in [0.4, 0.5) is 0 Å². The van der Waals surface area contributed by atoms with Crippen LogP contribution in [0.2, 0.25) is 0 Å². The molecule has 0 radical (unpaired) electrons. The Morgan fingerprint density at radius 3 is 2.50 bits per heavy atom. The molecule has 84 valence electrons. The van der Waals surface area contributed by atoms with Crippen molar-refractivity contribution >= 4 is 5.97 Å². The Balaban J connectivity index is 3.26. The van der Waals surface area contributed by atoms with Gasteiger partial charge in [-0.05, 0) is 45.9 Å². The van der Waals surface area contributed by atoms with Crippen molar-refractivity contribution < 1.29 is 9.53 Å². The minimum Gasteiger partial charge on any atom is -0.469 e. The summed E-state index contributed by atoms with van der Waals surface area (Å²) in [5.74, 6) is -0.125. The zero-order chi connectivity index (χ0) is 10.8. The molecule has 0 saturated carbocycles. The van der Waals surface area contributed by atoms with Gasteiger partial charge >= 0.3 is 5.97 Å². The van der Waals surface area contributed by atoms with E-state index < -0.39 is 0 Å².